The van der Waals surface area contributed by atoms with Crippen molar-refractivity contribution in [3.63, 3.8) is 0 Å². The van der Waals surface area contributed by atoms with Gasteiger partial charge in [0.05, 0.1) is 7.11 Å². The molecule has 2 aliphatic rings. The average molecular weight is 345 g/mol. The highest BCUT2D eigenvalue weighted by Crippen LogP contribution is 2.32. The Morgan fingerprint density at radius 2 is 2.21 bits per heavy atom. The van der Waals surface area contributed by atoms with Crippen LogP contribution in [0.3, 0.4) is 0 Å². The highest BCUT2D eigenvalue weighted by molar-refractivity contribution is 7.99. The van der Waals surface area contributed by atoms with E-state index in [2.05, 4.69) is 15.6 Å². The zero-order valence-corrected chi connectivity index (χ0v) is 14.1. The standard InChI is InChI=1S/C17H19N3O3S/c1-22-15-9-19-17(23-15)24-13-4-2-10(3-5-13)16(21)20-14-7-12-6-11(14)8-18-12/h2-5,9,11-12,14,18H,6-8H2,1H3,(H,20,21). The number of aromatic nitrogens is 1. The van der Waals surface area contributed by atoms with E-state index in [1.165, 1.54) is 31.5 Å². The Bertz CT molecular complexity index is 731. The summed E-state index contributed by atoms with van der Waals surface area (Å²) in [6.07, 6.45) is 3.75. The summed E-state index contributed by atoms with van der Waals surface area (Å²) in [5.74, 6) is 0.963. The second-order valence-corrected chi connectivity index (χ2v) is 7.22. The molecule has 2 heterocycles. The maximum atomic E-state index is 12.4. The number of rotatable bonds is 5. The number of fused-ring (bicyclic) bond motifs is 2. The summed E-state index contributed by atoms with van der Waals surface area (Å²) >= 11 is 1.39. The Morgan fingerprint density at radius 1 is 1.38 bits per heavy atom. The van der Waals surface area contributed by atoms with E-state index in [0.717, 1.165) is 17.9 Å². The summed E-state index contributed by atoms with van der Waals surface area (Å²) in [7, 11) is 1.54. The van der Waals surface area contributed by atoms with Crippen LogP contribution in [0.25, 0.3) is 0 Å². The molecular formula is C17H19N3O3S. The molecule has 7 heteroatoms. The first-order valence-electron chi connectivity index (χ1n) is 8.03. The van der Waals surface area contributed by atoms with Gasteiger partial charge in [-0.3, -0.25) is 4.79 Å². The van der Waals surface area contributed by atoms with E-state index in [-0.39, 0.29) is 5.91 Å². The summed E-state index contributed by atoms with van der Waals surface area (Å²) in [4.78, 5) is 17.5. The highest BCUT2D eigenvalue weighted by Gasteiger charge is 2.40. The van der Waals surface area contributed by atoms with Crippen LogP contribution >= 0.6 is 11.8 Å². The van der Waals surface area contributed by atoms with Crippen molar-refractivity contribution >= 4 is 17.7 Å². The number of carbonyl (C=O) groups excluding carboxylic acids is 1. The zero-order valence-electron chi connectivity index (χ0n) is 13.3. The molecular weight excluding hydrogens is 326 g/mol. The van der Waals surface area contributed by atoms with Crippen LogP contribution in [-0.2, 0) is 0 Å². The molecule has 0 spiro atoms. The summed E-state index contributed by atoms with van der Waals surface area (Å²) < 4.78 is 10.3. The lowest BCUT2D eigenvalue weighted by Gasteiger charge is -2.23. The monoisotopic (exact) mass is 345 g/mol. The maximum Gasteiger partial charge on any atom is 0.305 e. The molecule has 24 heavy (non-hydrogen) atoms. The van der Waals surface area contributed by atoms with Gasteiger partial charge in [0.15, 0.2) is 0 Å². The van der Waals surface area contributed by atoms with Gasteiger partial charge in [-0.15, -0.1) is 0 Å². The normalized spacial score (nSPS) is 25.0. The van der Waals surface area contributed by atoms with Crippen molar-refractivity contribution in [3.8, 4) is 5.95 Å². The minimum atomic E-state index is 0.00175. The number of ether oxygens (including phenoxy) is 1. The Balaban J connectivity index is 1.37. The first-order valence-corrected chi connectivity index (χ1v) is 8.85. The van der Waals surface area contributed by atoms with Gasteiger partial charge in [-0.2, -0.15) is 0 Å². The fraction of sp³-hybridized carbons (Fsp3) is 0.412. The molecule has 0 radical (unpaired) electrons. The Morgan fingerprint density at radius 3 is 2.83 bits per heavy atom. The molecule has 1 amide bonds. The lowest BCUT2D eigenvalue weighted by atomic mass is 10.0. The summed E-state index contributed by atoms with van der Waals surface area (Å²) in [6.45, 7) is 1.02. The number of hydrogen-bond donors (Lipinski definition) is 2. The molecule has 2 fully saturated rings. The van der Waals surface area contributed by atoms with Crippen molar-refractivity contribution in [3.05, 3.63) is 36.0 Å². The molecule has 1 aliphatic heterocycles. The quantitative estimate of drug-likeness (QED) is 0.866. The molecule has 2 aromatic rings. The van der Waals surface area contributed by atoms with Gasteiger partial charge >= 0.3 is 5.95 Å². The van der Waals surface area contributed by atoms with Crippen molar-refractivity contribution in [2.75, 3.05) is 13.7 Å². The largest absolute Gasteiger partial charge is 0.467 e. The molecule has 1 aromatic carbocycles. The van der Waals surface area contributed by atoms with E-state index in [1.54, 1.807) is 0 Å². The number of nitrogens with zero attached hydrogens (tertiary/aromatic N) is 1. The highest BCUT2D eigenvalue weighted by atomic mass is 32.2. The number of oxazole rings is 1. The van der Waals surface area contributed by atoms with Crippen LogP contribution in [0.2, 0.25) is 0 Å². The summed E-state index contributed by atoms with van der Waals surface area (Å²) in [5, 5.41) is 7.14. The molecule has 1 saturated heterocycles. The van der Waals surface area contributed by atoms with Gasteiger partial charge in [0.2, 0.25) is 0 Å². The van der Waals surface area contributed by atoms with E-state index in [9.17, 15) is 4.79 Å². The molecule has 2 bridgehead atoms. The van der Waals surface area contributed by atoms with Gasteiger partial charge < -0.3 is 19.8 Å². The maximum absolute atomic E-state index is 12.4. The minimum Gasteiger partial charge on any atom is -0.467 e. The lowest BCUT2D eigenvalue weighted by Crippen LogP contribution is -2.44. The molecule has 3 unspecified atom stereocenters. The predicted molar refractivity (Wildman–Crippen MR) is 89.4 cm³/mol. The van der Waals surface area contributed by atoms with Gasteiger partial charge in [-0.1, -0.05) is 0 Å². The van der Waals surface area contributed by atoms with Gasteiger partial charge in [-0.05, 0) is 54.8 Å². The average Bonchev–Trinajstić information content (AvgIpc) is 3.32. The van der Waals surface area contributed by atoms with E-state index in [1.807, 2.05) is 24.3 Å². The first kappa shape index (κ1) is 15.5. The molecule has 1 aliphatic carbocycles. The first-order chi connectivity index (χ1) is 11.7. The third-order valence-corrected chi connectivity index (χ3v) is 5.54. The fourth-order valence-electron chi connectivity index (χ4n) is 3.42. The van der Waals surface area contributed by atoms with E-state index >= 15 is 0 Å². The second kappa shape index (κ2) is 6.49. The van der Waals surface area contributed by atoms with Crippen molar-refractivity contribution in [2.24, 2.45) is 5.92 Å². The fourth-order valence-corrected chi connectivity index (χ4v) is 4.13. The van der Waals surface area contributed by atoms with Crippen molar-refractivity contribution in [2.45, 2.75) is 35.0 Å². The zero-order chi connectivity index (χ0) is 16.5. The van der Waals surface area contributed by atoms with Gasteiger partial charge in [0, 0.05) is 29.1 Å². The third-order valence-electron chi connectivity index (χ3n) is 4.67. The number of carbonyl (C=O) groups is 1. The van der Waals surface area contributed by atoms with Gasteiger partial charge in [0.1, 0.15) is 6.20 Å². The molecule has 2 N–H and O–H groups in total. The van der Waals surface area contributed by atoms with Crippen LogP contribution in [-0.4, -0.2) is 36.6 Å². The smallest absolute Gasteiger partial charge is 0.305 e. The summed E-state index contributed by atoms with van der Waals surface area (Å²) in [6, 6.07) is 8.36. The van der Waals surface area contributed by atoms with Crippen LogP contribution in [0.1, 0.15) is 23.2 Å². The van der Waals surface area contributed by atoms with E-state index < -0.39 is 0 Å². The van der Waals surface area contributed by atoms with Crippen molar-refractivity contribution in [1.82, 2.24) is 15.6 Å². The van der Waals surface area contributed by atoms with E-state index in [4.69, 9.17) is 9.15 Å². The number of amides is 1. The van der Waals surface area contributed by atoms with Crippen molar-refractivity contribution < 1.29 is 13.9 Å². The van der Waals surface area contributed by atoms with Gasteiger partial charge in [0.25, 0.3) is 11.1 Å². The van der Waals surface area contributed by atoms with Crippen LogP contribution in [0.4, 0.5) is 0 Å². The number of nitrogens with one attached hydrogen (secondary N) is 2. The number of piperidine rings is 1. The SMILES string of the molecule is COc1cnc(Sc2ccc(C(=O)NC3CC4CC3CN4)cc2)o1. The Labute approximate surface area is 144 Å². The molecule has 1 aromatic heterocycles. The molecule has 1 saturated carbocycles. The molecule has 3 atom stereocenters. The Kier molecular flexibility index (Phi) is 4.20. The predicted octanol–water partition coefficient (Wildman–Crippen LogP) is 2.31. The topological polar surface area (TPSA) is 76.4 Å². The second-order valence-electron chi connectivity index (χ2n) is 6.19. The number of hydrogen-bond acceptors (Lipinski definition) is 6. The van der Waals surface area contributed by atoms with Gasteiger partial charge in [-0.25, -0.2) is 4.98 Å². The van der Waals surface area contributed by atoms with Crippen LogP contribution < -0.4 is 15.4 Å². The Hall–Kier alpha value is -1.99. The van der Waals surface area contributed by atoms with Crippen LogP contribution in [0.5, 0.6) is 5.95 Å². The third kappa shape index (κ3) is 3.14. The minimum absolute atomic E-state index is 0.00175. The van der Waals surface area contributed by atoms with Crippen LogP contribution in [0, 0.1) is 5.92 Å². The number of benzene rings is 1. The molecule has 126 valence electrons. The lowest BCUT2D eigenvalue weighted by molar-refractivity contribution is 0.0925. The molecule has 6 nitrogen and oxygen atoms in total. The number of methoxy groups -OCH3 is 1. The van der Waals surface area contributed by atoms with Crippen LogP contribution in [0.15, 0.2) is 45.0 Å². The van der Waals surface area contributed by atoms with E-state index in [0.29, 0.717) is 34.7 Å². The molecule has 4 rings (SSSR count). The van der Waals surface area contributed by atoms with Crippen molar-refractivity contribution in [1.29, 1.82) is 0 Å². The summed E-state index contributed by atoms with van der Waals surface area (Å²) in [5.41, 5.74) is 0.681.